The largest absolute Gasteiger partial charge is 0.434 e. The molecule has 0 radical (unpaired) electrons. The van der Waals surface area contributed by atoms with Gasteiger partial charge in [0.1, 0.15) is 17.5 Å². The summed E-state index contributed by atoms with van der Waals surface area (Å²) in [6.45, 7) is 0. The number of nitriles is 1. The first-order valence-corrected chi connectivity index (χ1v) is 9.38. The second-order valence-electron chi connectivity index (χ2n) is 6.70. The normalized spacial score (nSPS) is 11.5. The minimum absolute atomic E-state index is 0.0000237. The molecule has 5 aromatic heterocycles. The van der Waals surface area contributed by atoms with E-state index in [1.807, 2.05) is 6.07 Å². The molecule has 0 aliphatic rings. The third-order valence-corrected chi connectivity index (χ3v) is 4.63. The van der Waals surface area contributed by atoms with Gasteiger partial charge in [0.25, 0.3) is 5.91 Å². The molecule has 0 aliphatic carbocycles. The van der Waals surface area contributed by atoms with Crippen LogP contribution in [0.25, 0.3) is 17.4 Å². The van der Waals surface area contributed by atoms with Gasteiger partial charge in [-0.3, -0.25) is 9.20 Å². The predicted molar refractivity (Wildman–Crippen MR) is 107 cm³/mol. The average Bonchev–Trinajstić information content (AvgIpc) is 3.58. The highest BCUT2D eigenvalue weighted by molar-refractivity contribution is 6.05. The van der Waals surface area contributed by atoms with Crippen LogP contribution in [0.15, 0.2) is 55.5 Å². The molecule has 0 aliphatic heterocycles. The monoisotopic (exact) mass is 465 g/mol. The van der Waals surface area contributed by atoms with E-state index in [-0.39, 0.29) is 28.7 Å². The first kappa shape index (κ1) is 20.8. The fourth-order valence-corrected chi connectivity index (χ4v) is 3.25. The van der Waals surface area contributed by atoms with Crippen LogP contribution < -0.4 is 5.32 Å². The van der Waals surface area contributed by atoms with Crippen LogP contribution in [0.2, 0.25) is 0 Å². The maximum absolute atomic E-state index is 14.0. The minimum Gasteiger partial charge on any atom is -0.320 e. The minimum atomic E-state index is -4.93. The van der Waals surface area contributed by atoms with Crippen LogP contribution in [0.5, 0.6) is 0 Å². The highest BCUT2D eigenvalue weighted by atomic mass is 19.4. The zero-order valence-electron chi connectivity index (χ0n) is 16.7. The van der Waals surface area contributed by atoms with E-state index in [0.717, 1.165) is 11.0 Å². The molecule has 1 N–H and O–H groups in total. The zero-order chi connectivity index (χ0) is 23.9. The number of pyridine rings is 1. The van der Waals surface area contributed by atoms with Crippen LogP contribution in [0.4, 0.5) is 18.9 Å². The summed E-state index contributed by atoms with van der Waals surface area (Å²) in [5, 5.41) is 23.3. The van der Waals surface area contributed by atoms with E-state index in [2.05, 4.69) is 35.6 Å². The first-order chi connectivity index (χ1) is 16.4. The van der Waals surface area contributed by atoms with Crippen LogP contribution in [0, 0.1) is 11.3 Å². The highest BCUT2D eigenvalue weighted by Gasteiger charge is 2.41. The lowest BCUT2D eigenvalue weighted by atomic mass is 10.2. The molecule has 5 aromatic rings. The Hall–Kier alpha value is -5.13. The molecule has 0 unspecified atom stereocenters. The van der Waals surface area contributed by atoms with Gasteiger partial charge in [-0.15, -0.1) is 4.80 Å². The Morgan fingerprint density at radius 1 is 1.03 bits per heavy atom. The Kier molecular flexibility index (Phi) is 4.75. The van der Waals surface area contributed by atoms with Crippen LogP contribution in [-0.4, -0.2) is 50.0 Å². The molecule has 0 bridgehead atoms. The summed E-state index contributed by atoms with van der Waals surface area (Å²) in [7, 11) is 0. The molecule has 12 nitrogen and oxygen atoms in total. The van der Waals surface area contributed by atoms with Crippen molar-refractivity contribution in [3.05, 3.63) is 72.3 Å². The number of alkyl halides is 3. The molecule has 34 heavy (non-hydrogen) atoms. The van der Waals surface area contributed by atoms with Gasteiger partial charge < -0.3 is 5.32 Å². The quantitative estimate of drug-likeness (QED) is 0.425. The molecule has 1 amide bonds. The topological polar surface area (TPSA) is 144 Å². The number of carbonyl (C=O) groups is 1. The summed E-state index contributed by atoms with van der Waals surface area (Å²) in [5.41, 5.74) is -2.02. The summed E-state index contributed by atoms with van der Waals surface area (Å²) >= 11 is 0. The maximum Gasteiger partial charge on any atom is 0.434 e. The number of halogens is 3. The molecule has 0 fully saturated rings. The number of nitrogens with one attached hydrogen (secondary N) is 1. The third kappa shape index (κ3) is 3.48. The molecule has 0 aromatic carbocycles. The van der Waals surface area contributed by atoms with Crippen molar-refractivity contribution in [3.63, 3.8) is 0 Å². The van der Waals surface area contributed by atoms with E-state index in [4.69, 9.17) is 0 Å². The number of fused-ring (bicyclic) bond motifs is 1. The molecule has 0 saturated carbocycles. The molecule has 0 atom stereocenters. The number of rotatable bonds is 4. The van der Waals surface area contributed by atoms with Crippen LogP contribution in [0.3, 0.4) is 0 Å². The lowest BCUT2D eigenvalue weighted by Crippen LogP contribution is -2.21. The highest BCUT2D eigenvalue weighted by Crippen LogP contribution is 2.34. The van der Waals surface area contributed by atoms with Crippen molar-refractivity contribution in [3.8, 4) is 17.7 Å². The lowest BCUT2D eigenvalue weighted by molar-refractivity contribution is -0.143. The Morgan fingerprint density at radius 2 is 1.79 bits per heavy atom. The fourth-order valence-electron chi connectivity index (χ4n) is 3.25. The van der Waals surface area contributed by atoms with Crippen molar-refractivity contribution in [1.82, 2.24) is 44.1 Å². The van der Waals surface area contributed by atoms with Crippen LogP contribution >= 0.6 is 0 Å². The fraction of sp³-hybridized carbons (Fsp3) is 0.0526. The van der Waals surface area contributed by atoms with E-state index >= 15 is 0 Å². The van der Waals surface area contributed by atoms with Crippen LogP contribution in [-0.2, 0) is 6.18 Å². The Bertz CT molecular complexity index is 1560. The predicted octanol–water partition coefficient (Wildman–Crippen LogP) is 2.03. The van der Waals surface area contributed by atoms with Gasteiger partial charge >= 0.3 is 6.18 Å². The summed E-state index contributed by atoms with van der Waals surface area (Å²) < 4.78 is 44.0. The van der Waals surface area contributed by atoms with Crippen molar-refractivity contribution < 1.29 is 18.0 Å². The van der Waals surface area contributed by atoms with E-state index < -0.39 is 23.3 Å². The molecule has 0 saturated heterocycles. The van der Waals surface area contributed by atoms with Crippen molar-refractivity contribution in [1.29, 1.82) is 5.26 Å². The SMILES string of the molecule is N#Cc1cc(NC(=O)c2cnn(-c3ccnc4nccn34)c2C(F)(F)F)cnc1-n1nccn1. The van der Waals surface area contributed by atoms with Gasteiger partial charge in [-0.2, -0.15) is 33.7 Å². The Labute approximate surface area is 186 Å². The van der Waals surface area contributed by atoms with Gasteiger partial charge in [-0.05, 0) is 12.1 Å². The average molecular weight is 465 g/mol. The number of amides is 1. The van der Waals surface area contributed by atoms with Gasteiger partial charge in [-0.1, -0.05) is 0 Å². The van der Waals surface area contributed by atoms with E-state index in [1.54, 1.807) is 0 Å². The standard InChI is InChI=1S/C19H10F3N11O/c20-19(21,22)15-13(10-29-32(15)14-1-2-24-18-25-5-6-31(14)18)17(34)30-12-7-11(8-23)16(26-9-12)33-27-3-4-28-33/h1-7,9-10H,(H,30,34). The number of hydrogen-bond acceptors (Lipinski definition) is 8. The lowest BCUT2D eigenvalue weighted by Gasteiger charge is -2.14. The van der Waals surface area contributed by atoms with E-state index in [9.17, 15) is 23.2 Å². The molecular formula is C19H10F3N11O. The van der Waals surface area contributed by atoms with Gasteiger partial charge in [0.05, 0.1) is 36.0 Å². The molecule has 0 spiro atoms. The second-order valence-corrected chi connectivity index (χ2v) is 6.70. The number of imidazole rings is 1. The van der Waals surface area contributed by atoms with Gasteiger partial charge in [0.2, 0.25) is 5.78 Å². The molecular weight excluding hydrogens is 455 g/mol. The second kappa shape index (κ2) is 7.78. The Morgan fingerprint density at radius 3 is 2.53 bits per heavy atom. The van der Waals surface area contributed by atoms with Crippen molar-refractivity contribution >= 4 is 17.4 Å². The number of hydrogen-bond donors (Lipinski definition) is 1. The van der Waals surface area contributed by atoms with Crippen molar-refractivity contribution in [2.24, 2.45) is 0 Å². The van der Waals surface area contributed by atoms with Crippen molar-refractivity contribution in [2.75, 3.05) is 5.32 Å². The summed E-state index contributed by atoms with van der Waals surface area (Å²) in [5.74, 6) is -0.853. The van der Waals surface area contributed by atoms with Crippen LogP contribution in [0.1, 0.15) is 21.6 Å². The number of anilines is 1. The first-order valence-electron chi connectivity index (χ1n) is 9.38. The molecule has 168 valence electrons. The smallest absolute Gasteiger partial charge is 0.320 e. The summed E-state index contributed by atoms with van der Waals surface area (Å²) in [4.78, 5) is 25.9. The van der Waals surface area contributed by atoms with E-state index in [1.165, 1.54) is 53.7 Å². The molecule has 5 heterocycles. The van der Waals surface area contributed by atoms with Gasteiger partial charge in [-0.25, -0.2) is 19.6 Å². The van der Waals surface area contributed by atoms with E-state index in [0.29, 0.717) is 4.68 Å². The number of aromatic nitrogens is 9. The third-order valence-electron chi connectivity index (χ3n) is 4.63. The number of nitrogens with zero attached hydrogens (tertiary/aromatic N) is 10. The molecule has 15 heteroatoms. The maximum atomic E-state index is 14.0. The summed E-state index contributed by atoms with van der Waals surface area (Å²) in [6.07, 6.45) is 3.90. The van der Waals surface area contributed by atoms with Gasteiger partial charge in [0.15, 0.2) is 11.5 Å². The zero-order valence-corrected chi connectivity index (χ0v) is 16.7. The Balaban J connectivity index is 1.53. The number of carbonyl (C=O) groups excluding carboxylic acids is 1. The molecule has 5 rings (SSSR count). The van der Waals surface area contributed by atoms with Gasteiger partial charge in [0, 0.05) is 18.6 Å². The van der Waals surface area contributed by atoms with Crippen molar-refractivity contribution in [2.45, 2.75) is 6.18 Å². The summed E-state index contributed by atoms with van der Waals surface area (Å²) in [6, 6.07) is 4.45.